The van der Waals surface area contributed by atoms with Crippen LogP contribution in [0.2, 0.25) is 0 Å². The van der Waals surface area contributed by atoms with Crippen molar-refractivity contribution in [1.29, 1.82) is 0 Å². The number of carbonyl (C=O) groups excluding carboxylic acids is 1. The van der Waals surface area contributed by atoms with Crippen molar-refractivity contribution in [1.82, 2.24) is 9.78 Å². The Hall–Kier alpha value is -2.15. The first-order chi connectivity index (χ1) is 12.2. The number of benzene rings is 1. The number of aryl methyl sites for hydroxylation is 3. The second kappa shape index (κ2) is 6.87. The molecule has 1 aliphatic rings. The van der Waals surface area contributed by atoms with Gasteiger partial charge in [-0.25, -0.2) is 4.21 Å². The van der Waals surface area contributed by atoms with Crippen molar-refractivity contribution in [3.8, 4) is 0 Å². The number of nitrogens with one attached hydrogen (secondary N) is 1. The lowest BCUT2D eigenvalue weighted by atomic mass is 9.96. The zero-order valence-corrected chi connectivity index (χ0v) is 16.5. The first-order valence-electron chi connectivity index (χ1n) is 8.86. The molecule has 0 radical (unpaired) electrons. The third-order valence-electron chi connectivity index (χ3n) is 5.02. The maximum absolute atomic E-state index is 13.0. The van der Waals surface area contributed by atoms with Crippen LogP contribution in [0.3, 0.4) is 0 Å². The molecule has 6 nitrogen and oxygen atoms in total. The number of carbonyl (C=O) groups is 1. The summed E-state index contributed by atoms with van der Waals surface area (Å²) in [6.07, 6.45) is 2.95. The molecule has 0 saturated carbocycles. The van der Waals surface area contributed by atoms with Gasteiger partial charge in [0.2, 0.25) is 5.78 Å². The van der Waals surface area contributed by atoms with Gasteiger partial charge in [-0.2, -0.15) is 4.36 Å². The number of aromatic amines is 1. The monoisotopic (exact) mass is 375 g/mol. The molecule has 0 atom stereocenters. The summed E-state index contributed by atoms with van der Waals surface area (Å²) in [6.45, 7) is 5.44. The molecule has 0 aliphatic carbocycles. The van der Waals surface area contributed by atoms with E-state index in [0.717, 1.165) is 24.8 Å². The van der Waals surface area contributed by atoms with Crippen LogP contribution in [0.5, 0.6) is 0 Å². The molecule has 0 bridgehead atoms. The molecule has 26 heavy (non-hydrogen) atoms. The summed E-state index contributed by atoms with van der Waals surface area (Å²) in [5.41, 5.74) is 2.99. The van der Waals surface area contributed by atoms with Gasteiger partial charge in [0.1, 0.15) is 5.56 Å². The number of nitrogens with zero attached hydrogens (tertiary/aromatic N) is 2. The van der Waals surface area contributed by atoms with E-state index in [-0.39, 0.29) is 16.9 Å². The van der Waals surface area contributed by atoms with E-state index in [1.54, 1.807) is 20.0 Å². The van der Waals surface area contributed by atoms with Crippen molar-refractivity contribution in [2.24, 2.45) is 11.4 Å². The summed E-state index contributed by atoms with van der Waals surface area (Å²) in [6, 6.07) is 3.54. The van der Waals surface area contributed by atoms with Crippen LogP contribution in [0.15, 0.2) is 21.3 Å². The lowest BCUT2D eigenvalue weighted by Gasteiger charge is -2.17. The Kier molecular flexibility index (Phi) is 4.92. The van der Waals surface area contributed by atoms with E-state index in [0.29, 0.717) is 34.0 Å². The van der Waals surface area contributed by atoms with Gasteiger partial charge >= 0.3 is 0 Å². The molecular weight excluding hydrogens is 350 g/mol. The highest BCUT2D eigenvalue weighted by atomic mass is 32.2. The Balaban J connectivity index is 2.14. The van der Waals surface area contributed by atoms with Gasteiger partial charge in [-0.1, -0.05) is 18.6 Å². The first-order valence-corrected chi connectivity index (χ1v) is 10.7. The Labute approximate surface area is 153 Å². The number of H-pyrrole nitrogens is 1. The predicted molar refractivity (Wildman–Crippen MR) is 104 cm³/mol. The topological polar surface area (TPSA) is 84.3 Å². The van der Waals surface area contributed by atoms with Gasteiger partial charge in [-0.3, -0.25) is 19.4 Å². The summed E-state index contributed by atoms with van der Waals surface area (Å²) >= 11 is 0. The maximum atomic E-state index is 13.0. The molecular formula is C19H25N3O3S. The van der Waals surface area contributed by atoms with E-state index in [4.69, 9.17) is 0 Å². The number of hydrogen-bond donors (Lipinski definition) is 1. The molecule has 1 fully saturated rings. The Bertz CT molecular complexity index is 1040. The molecule has 1 aromatic heterocycles. The zero-order valence-electron chi connectivity index (χ0n) is 15.7. The number of ketones is 1. The Morgan fingerprint density at radius 3 is 2.38 bits per heavy atom. The van der Waals surface area contributed by atoms with Crippen LogP contribution in [0.1, 0.15) is 52.0 Å². The number of aromatic nitrogens is 2. The molecule has 0 amide bonds. The first kappa shape index (κ1) is 18.6. The Morgan fingerprint density at radius 1 is 1.15 bits per heavy atom. The summed E-state index contributed by atoms with van der Waals surface area (Å²) in [7, 11) is -0.680. The van der Waals surface area contributed by atoms with Crippen LogP contribution in [-0.2, 0) is 16.8 Å². The highest BCUT2D eigenvalue weighted by molar-refractivity contribution is 7.93. The molecule has 1 aromatic carbocycles. The van der Waals surface area contributed by atoms with Crippen LogP contribution < -0.4 is 5.56 Å². The molecule has 0 spiro atoms. The molecule has 1 saturated heterocycles. The summed E-state index contributed by atoms with van der Waals surface area (Å²) < 4.78 is 19.0. The lowest BCUT2D eigenvalue weighted by molar-refractivity contribution is 0.103. The van der Waals surface area contributed by atoms with Crippen molar-refractivity contribution in [3.63, 3.8) is 0 Å². The average molecular weight is 375 g/mol. The van der Waals surface area contributed by atoms with Crippen molar-refractivity contribution in [3.05, 3.63) is 50.4 Å². The lowest BCUT2D eigenvalue weighted by Crippen LogP contribution is -2.20. The second-order valence-corrected chi connectivity index (χ2v) is 9.59. The minimum Gasteiger partial charge on any atom is -0.299 e. The highest BCUT2D eigenvalue weighted by Gasteiger charge is 2.23. The van der Waals surface area contributed by atoms with Crippen LogP contribution in [-0.4, -0.2) is 31.3 Å². The second-order valence-electron chi connectivity index (χ2n) is 7.04. The van der Waals surface area contributed by atoms with E-state index < -0.39 is 9.73 Å². The van der Waals surface area contributed by atoms with E-state index in [1.165, 1.54) is 4.68 Å². The zero-order chi connectivity index (χ0) is 19.1. The van der Waals surface area contributed by atoms with E-state index in [9.17, 15) is 13.8 Å². The minimum absolute atomic E-state index is 0.146. The van der Waals surface area contributed by atoms with Gasteiger partial charge in [-0.15, -0.1) is 0 Å². The number of hydrogen-bond acceptors (Lipinski definition) is 4. The smallest absolute Gasteiger partial charge is 0.277 e. The summed E-state index contributed by atoms with van der Waals surface area (Å²) in [5, 5.41) is 2.86. The normalized spacial score (nSPS) is 16.5. The number of rotatable bonds is 3. The third-order valence-corrected chi connectivity index (χ3v) is 7.39. The maximum Gasteiger partial charge on any atom is 0.277 e. The van der Waals surface area contributed by atoms with Gasteiger partial charge in [0.05, 0.1) is 15.4 Å². The van der Waals surface area contributed by atoms with E-state index in [1.807, 2.05) is 19.9 Å². The third kappa shape index (κ3) is 3.28. The average Bonchev–Trinajstić information content (AvgIpc) is 2.84. The van der Waals surface area contributed by atoms with Gasteiger partial charge in [-0.05, 0) is 44.7 Å². The molecule has 7 heteroatoms. The molecule has 2 aromatic rings. The van der Waals surface area contributed by atoms with Crippen molar-refractivity contribution >= 4 is 21.2 Å². The highest BCUT2D eigenvalue weighted by Crippen LogP contribution is 2.31. The largest absolute Gasteiger partial charge is 0.299 e. The standard InChI is InChI=1S/C19H25N3O3S/c1-12-8-9-15(18(23)16-14(3)20-22(4)19(16)24)13(2)17(12)21-26(25)10-6-5-7-11-26/h8-9,20H,5-7,10-11H2,1-4H3. The predicted octanol–water partition coefficient (Wildman–Crippen LogP) is 3.15. The minimum atomic E-state index is -2.27. The van der Waals surface area contributed by atoms with E-state index in [2.05, 4.69) is 9.46 Å². The fraction of sp³-hybridized carbons (Fsp3) is 0.474. The SMILES string of the molecule is Cc1ccc(C(=O)c2c(C)[nH]n(C)c2=O)c(C)c1N=S1(=O)CCCCC1. The molecule has 1 aliphatic heterocycles. The fourth-order valence-corrected chi connectivity index (χ4v) is 5.81. The molecule has 140 valence electrons. The van der Waals surface area contributed by atoms with Crippen molar-refractivity contribution in [2.75, 3.05) is 11.5 Å². The Morgan fingerprint density at radius 2 is 1.81 bits per heavy atom. The fourth-order valence-electron chi connectivity index (χ4n) is 3.50. The quantitative estimate of drug-likeness (QED) is 0.836. The van der Waals surface area contributed by atoms with Crippen LogP contribution in [0.4, 0.5) is 5.69 Å². The van der Waals surface area contributed by atoms with Crippen LogP contribution in [0, 0.1) is 20.8 Å². The van der Waals surface area contributed by atoms with Crippen molar-refractivity contribution in [2.45, 2.75) is 40.0 Å². The van der Waals surface area contributed by atoms with Gasteiger partial charge in [0, 0.05) is 29.8 Å². The van der Waals surface area contributed by atoms with Crippen molar-refractivity contribution < 1.29 is 9.00 Å². The van der Waals surface area contributed by atoms with E-state index >= 15 is 0 Å². The molecule has 1 N–H and O–H groups in total. The molecule has 3 rings (SSSR count). The van der Waals surface area contributed by atoms with Crippen LogP contribution >= 0.6 is 0 Å². The molecule has 0 unspecified atom stereocenters. The van der Waals surface area contributed by atoms with Gasteiger partial charge in [0.25, 0.3) is 5.56 Å². The summed E-state index contributed by atoms with van der Waals surface area (Å²) in [5.74, 6) is 0.903. The van der Waals surface area contributed by atoms with Gasteiger partial charge in [0.15, 0.2) is 0 Å². The summed E-state index contributed by atoms with van der Waals surface area (Å²) in [4.78, 5) is 25.3. The molecule has 2 heterocycles. The van der Waals surface area contributed by atoms with Crippen LogP contribution in [0.25, 0.3) is 0 Å². The van der Waals surface area contributed by atoms with Gasteiger partial charge < -0.3 is 0 Å².